The van der Waals surface area contributed by atoms with E-state index in [0.29, 0.717) is 27.8 Å². The number of fused-ring (bicyclic) bond motifs is 1. The Bertz CT molecular complexity index is 1530. The van der Waals surface area contributed by atoms with Crippen molar-refractivity contribution in [2.45, 2.75) is 24.1 Å². The van der Waals surface area contributed by atoms with Crippen LogP contribution in [0.1, 0.15) is 35.2 Å². The molecule has 37 heavy (non-hydrogen) atoms. The van der Waals surface area contributed by atoms with Crippen molar-refractivity contribution >= 4 is 80.5 Å². The maximum absolute atomic E-state index is 13.3. The molecule has 4 aromatic rings. The van der Waals surface area contributed by atoms with Gasteiger partial charge in [0.15, 0.2) is 0 Å². The first-order valence-corrected chi connectivity index (χ1v) is 13.2. The quantitative estimate of drug-likeness (QED) is 0.228. The van der Waals surface area contributed by atoms with Crippen LogP contribution in [0.4, 0.5) is 11.4 Å². The van der Waals surface area contributed by atoms with Crippen LogP contribution in [0.15, 0.2) is 66.9 Å². The number of hydrogen-bond acceptors (Lipinski definition) is 2. The molecule has 3 aromatic carbocycles. The molecule has 1 aromatic heterocycles. The number of anilines is 2. The molecule has 1 saturated carbocycles. The van der Waals surface area contributed by atoms with Crippen molar-refractivity contribution in [1.29, 1.82) is 0 Å². The molecule has 1 aliphatic rings. The Hall–Kier alpha value is -2.70. The van der Waals surface area contributed by atoms with Gasteiger partial charge in [-0.25, -0.2) is 0 Å². The molecule has 0 spiro atoms. The Morgan fingerprint density at radius 3 is 2.41 bits per heavy atom. The van der Waals surface area contributed by atoms with Gasteiger partial charge >= 0.3 is 0 Å². The van der Waals surface area contributed by atoms with Crippen LogP contribution in [0.3, 0.4) is 0 Å². The molecule has 5 rings (SSSR count). The number of alkyl halides is 1. The summed E-state index contributed by atoms with van der Waals surface area (Å²) >= 11 is 25.6. The van der Waals surface area contributed by atoms with E-state index in [-0.39, 0.29) is 28.3 Å². The summed E-state index contributed by atoms with van der Waals surface area (Å²) in [6, 6.07) is 17.7. The number of benzene rings is 3. The summed E-state index contributed by atoms with van der Waals surface area (Å²) in [5.41, 5.74) is 3.07. The van der Waals surface area contributed by atoms with Crippen LogP contribution in [-0.4, -0.2) is 21.3 Å². The van der Waals surface area contributed by atoms with Crippen LogP contribution in [0.25, 0.3) is 10.9 Å². The van der Waals surface area contributed by atoms with Gasteiger partial charge in [-0.1, -0.05) is 53.9 Å². The average molecular weight is 575 g/mol. The fraction of sp³-hybridized carbons (Fsp3) is 0.214. The molecule has 3 unspecified atom stereocenters. The average Bonchev–Trinajstić information content (AvgIpc) is 3.31. The lowest BCUT2D eigenvalue weighted by Crippen LogP contribution is -2.19. The van der Waals surface area contributed by atoms with Crippen LogP contribution >= 0.6 is 46.4 Å². The minimum atomic E-state index is -0.752. The minimum Gasteiger partial charge on any atom is -0.349 e. The van der Waals surface area contributed by atoms with Crippen LogP contribution in [-0.2, 0) is 11.8 Å². The Kier molecular flexibility index (Phi) is 6.92. The summed E-state index contributed by atoms with van der Waals surface area (Å²) < 4.78 is 1.94. The zero-order chi connectivity index (χ0) is 26.5. The first-order chi connectivity index (χ1) is 17.6. The molecule has 9 heteroatoms. The Morgan fingerprint density at radius 2 is 1.70 bits per heavy atom. The summed E-state index contributed by atoms with van der Waals surface area (Å²) in [6.45, 7) is 1.94. The lowest BCUT2D eigenvalue weighted by molar-refractivity contribution is -0.117. The second-order valence-corrected chi connectivity index (χ2v) is 11.2. The number of hydrogen-bond donors (Lipinski definition) is 2. The highest BCUT2D eigenvalue weighted by Gasteiger charge is 2.66. The molecule has 2 N–H and O–H groups in total. The summed E-state index contributed by atoms with van der Waals surface area (Å²) in [5.74, 6) is -1.36. The van der Waals surface area contributed by atoms with Gasteiger partial charge in [-0.2, -0.15) is 0 Å². The second kappa shape index (κ2) is 9.88. The predicted octanol–water partition coefficient (Wildman–Crippen LogP) is 8.13. The zero-order valence-electron chi connectivity index (χ0n) is 20.0. The van der Waals surface area contributed by atoms with Crippen molar-refractivity contribution in [2.24, 2.45) is 13.0 Å². The first kappa shape index (κ1) is 25.9. The molecule has 1 aliphatic carbocycles. The molecule has 1 fully saturated rings. The van der Waals surface area contributed by atoms with Crippen LogP contribution in [0.2, 0.25) is 15.1 Å². The van der Waals surface area contributed by atoms with Crippen molar-refractivity contribution in [3.8, 4) is 0 Å². The van der Waals surface area contributed by atoms with E-state index < -0.39 is 10.8 Å². The number of halogens is 4. The Morgan fingerprint density at radius 1 is 0.973 bits per heavy atom. The second-order valence-electron chi connectivity index (χ2n) is 9.25. The molecule has 1 heterocycles. The van der Waals surface area contributed by atoms with Crippen molar-refractivity contribution < 1.29 is 9.59 Å². The van der Waals surface area contributed by atoms with Gasteiger partial charge in [-0.05, 0) is 60.5 Å². The largest absolute Gasteiger partial charge is 0.349 e. The smallest absolute Gasteiger partial charge is 0.257 e. The van der Waals surface area contributed by atoms with E-state index >= 15 is 0 Å². The van der Waals surface area contributed by atoms with Gasteiger partial charge in [0.1, 0.15) is 0 Å². The lowest BCUT2D eigenvalue weighted by atomic mass is 10.1. The number of amides is 2. The summed E-state index contributed by atoms with van der Waals surface area (Å²) in [4.78, 5) is 25.7. The fourth-order valence-corrected chi connectivity index (χ4v) is 6.25. The number of aromatic nitrogens is 1. The standard InChI is InChI=1S/C28H23Cl4N3O2/c1-3-28(32)23(16-11-17(29)13-18(30)12-16)24(28)27(37)33-19-7-8-21(31)20(14-19)26(36)34-22-6-4-5-15-9-10-35(2)25(15)22/h4-14,23-24H,3H2,1-2H3,(H,33,37)(H,34,36). The molecule has 2 amide bonds. The highest BCUT2D eigenvalue weighted by molar-refractivity contribution is 6.35. The van der Waals surface area contributed by atoms with Gasteiger partial charge in [0.2, 0.25) is 5.91 Å². The molecule has 3 atom stereocenters. The molecular weight excluding hydrogens is 552 g/mol. The van der Waals surface area contributed by atoms with Gasteiger partial charge in [-0.3, -0.25) is 9.59 Å². The van der Waals surface area contributed by atoms with Crippen molar-refractivity contribution in [3.05, 3.63) is 93.1 Å². The Labute approximate surface area is 234 Å². The maximum Gasteiger partial charge on any atom is 0.257 e. The number of aryl methyl sites for hydroxylation is 1. The monoisotopic (exact) mass is 573 g/mol. The lowest BCUT2D eigenvalue weighted by Gasteiger charge is -2.12. The number of nitrogens with one attached hydrogen (secondary N) is 2. The molecule has 0 radical (unpaired) electrons. The Balaban J connectivity index is 1.37. The van der Waals surface area contributed by atoms with E-state index in [4.69, 9.17) is 46.4 Å². The summed E-state index contributed by atoms with van der Waals surface area (Å²) in [6.07, 6.45) is 2.51. The fourth-order valence-electron chi connectivity index (χ4n) is 5.09. The third kappa shape index (κ3) is 4.82. The van der Waals surface area contributed by atoms with E-state index in [1.165, 1.54) is 0 Å². The number of rotatable bonds is 6. The van der Waals surface area contributed by atoms with E-state index in [0.717, 1.165) is 16.5 Å². The van der Waals surface area contributed by atoms with Gasteiger partial charge in [-0.15, -0.1) is 11.6 Å². The van der Waals surface area contributed by atoms with Crippen molar-refractivity contribution in [3.63, 3.8) is 0 Å². The summed E-state index contributed by atoms with van der Waals surface area (Å²) in [7, 11) is 1.91. The SMILES string of the molecule is CCC1(Cl)C(C(=O)Nc2ccc(Cl)c(C(=O)Nc3cccc4ccn(C)c34)c2)C1c1cc(Cl)cc(Cl)c1. The van der Waals surface area contributed by atoms with Crippen LogP contribution in [0.5, 0.6) is 0 Å². The number of carbonyl (C=O) groups excluding carboxylic acids is 2. The third-order valence-electron chi connectivity index (χ3n) is 6.95. The first-order valence-electron chi connectivity index (χ1n) is 11.7. The van der Waals surface area contributed by atoms with E-state index in [1.54, 1.807) is 36.4 Å². The van der Waals surface area contributed by atoms with Crippen molar-refractivity contribution in [2.75, 3.05) is 10.6 Å². The van der Waals surface area contributed by atoms with Gasteiger partial charge in [0, 0.05) is 40.3 Å². The van der Waals surface area contributed by atoms with Gasteiger partial charge in [0.05, 0.1) is 32.6 Å². The molecule has 5 nitrogen and oxygen atoms in total. The highest BCUT2D eigenvalue weighted by Crippen LogP contribution is 2.64. The maximum atomic E-state index is 13.3. The topological polar surface area (TPSA) is 63.1 Å². The highest BCUT2D eigenvalue weighted by atomic mass is 35.5. The molecule has 190 valence electrons. The summed E-state index contributed by atoms with van der Waals surface area (Å²) in [5, 5.41) is 8.11. The van der Waals surface area contributed by atoms with E-state index in [2.05, 4.69) is 10.6 Å². The number of para-hydroxylation sites is 1. The minimum absolute atomic E-state index is 0.240. The molecule has 0 bridgehead atoms. The van der Waals surface area contributed by atoms with Gasteiger partial charge in [0.25, 0.3) is 5.91 Å². The van der Waals surface area contributed by atoms with Crippen molar-refractivity contribution in [1.82, 2.24) is 4.57 Å². The molecule has 0 aliphatic heterocycles. The van der Waals surface area contributed by atoms with E-state index in [1.807, 2.05) is 49.0 Å². The van der Waals surface area contributed by atoms with Crippen LogP contribution < -0.4 is 10.6 Å². The van der Waals surface area contributed by atoms with Crippen LogP contribution in [0, 0.1) is 5.92 Å². The third-order valence-corrected chi connectivity index (χ3v) is 8.45. The molecule has 0 saturated heterocycles. The predicted molar refractivity (Wildman–Crippen MR) is 153 cm³/mol. The zero-order valence-corrected chi connectivity index (χ0v) is 23.0. The number of nitrogens with zero attached hydrogens (tertiary/aromatic N) is 1. The number of carbonyl (C=O) groups is 2. The molecular formula is C28H23Cl4N3O2. The normalized spacial score (nSPS) is 20.6. The van der Waals surface area contributed by atoms with Gasteiger partial charge < -0.3 is 15.2 Å². The van der Waals surface area contributed by atoms with E-state index in [9.17, 15) is 9.59 Å².